The number of nitrogens with one attached hydrogen (secondary N) is 1. The van der Waals surface area contributed by atoms with Crippen molar-refractivity contribution >= 4 is 12.0 Å². The number of carbonyl (C=O) groups excluding carboxylic acids is 2. The minimum absolute atomic E-state index is 0.0731. The predicted molar refractivity (Wildman–Crippen MR) is 92.6 cm³/mol. The standard InChI is InChI=1S/C18H22N4O3/c1-2-25-18(24)21-12-8-15(9-13-21)20-17(23)14-4-6-16(7-5-14)22-11-3-10-19-22/h3-7,10-11,15H,2,8-9,12-13H2,1H3,(H,20,23). The Morgan fingerprint density at radius 1 is 1.24 bits per heavy atom. The number of hydrogen-bond acceptors (Lipinski definition) is 4. The van der Waals surface area contributed by atoms with Crippen molar-refractivity contribution in [3.8, 4) is 5.69 Å². The molecule has 3 rings (SSSR count). The Morgan fingerprint density at radius 2 is 1.96 bits per heavy atom. The number of benzene rings is 1. The molecule has 0 saturated carbocycles. The number of likely N-dealkylation sites (tertiary alicyclic amines) is 1. The Hall–Kier alpha value is -2.83. The van der Waals surface area contributed by atoms with Gasteiger partial charge in [-0.1, -0.05) is 0 Å². The van der Waals surface area contributed by atoms with Crippen molar-refractivity contribution in [2.75, 3.05) is 19.7 Å². The van der Waals surface area contributed by atoms with Crippen molar-refractivity contribution in [3.05, 3.63) is 48.3 Å². The maximum atomic E-state index is 12.4. The summed E-state index contributed by atoms with van der Waals surface area (Å²) in [5, 5.41) is 7.20. The van der Waals surface area contributed by atoms with E-state index in [-0.39, 0.29) is 18.0 Å². The molecule has 0 aliphatic carbocycles. The third kappa shape index (κ3) is 4.17. The number of piperidine rings is 1. The van der Waals surface area contributed by atoms with Gasteiger partial charge in [0.2, 0.25) is 0 Å². The molecule has 2 amide bonds. The van der Waals surface area contributed by atoms with Crippen LogP contribution in [-0.4, -0.2) is 52.4 Å². The summed E-state index contributed by atoms with van der Waals surface area (Å²) in [5.74, 6) is -0.0957. The molecule has 1 aromatic carbocycles. The maximum Gasteiger partial charge on any atom is 0.409 e. The van der Waals surface area contributed by atoms with Crippen molar-refractivity contribution < 1.29 is 14.3 Å². The van der Waals surface area contributed by atoms with Gasteiger partial charge in [-0.15, -0.1) is 0 Å². The molecule has 7 heteroatoms. The fraction of sp³-hybridized carbons (Fsp3) is 0.389. The fourth-order valence-corrected chi connectivity index (χ4v) is 2.88. The van der Waals surface area contributed by atoms with Gasteiger partial charge in [0, 0.05) is 37.1 Å². The lowest BCUT2D eigenvalue weighted by Crippen LogP contribution is -2.46. The topological polar surface area (TPSA) is 76.5 Å². The minimum atomic E-state index is -0.276. The molecule has 1 fully saturated rings. The van der Waals surface area contributed by atoms with Gasteiger partial charge in [0.1, 0.15) is 0 Å². The van der Waals surface area contributed by atoms with Crippen LogP contribution < -0.4 is 5.32 Å². The molecule has 25 heavy (non-hydrogen) atoms. The lowest BCUT2D eigenvalue weighted by molar-refractivity contribution is 0.0860. The second-order valence-electron chi connectivity index (χ2n) is 5.93. The number of nitrogens with zero attached hydrogens (tertiary/aromatic N) is 3. The van der Waals surface area contributed by atoms with Crippen molar-refractivity contribution in [2.45, 2.75) is 25.8 Å². The number of aromatic nitrogens is 2. The zero-order valence-corrected chi connectivity index (χ0v) is 14.2. The third-order valence-electron chi connectivity index (χ3n) is 4.25. The summed E-state index contributed by atoms with van der Waals surface area (Å²) in [5.41, 5.74) is 1.52. The van der Waals surface area contributed by atoms with Crippen molar-refractivity contribution in [1.82, 2.24) is 20.0 Å². The summed E-state index contributed by atoms with van der Waals surface area (Å²) in [4.78, 5) is 25.8. The van der Waals surface area contributed by atoms with Crippen LogP contribution in [0.1, 0.15) is 30.1 Å². The molecule has 1 N–H and O–H groups in total. The zero-order valence-electron chi connectivity index (χ0n) is 14.2. The summed E-state index contributed by atoms with van der Waals surface area (Å²) in [6, 6.07) is 9.24. The van der Waals surface area contributed by atoms with Crippen LogP contribution in [0, 0.1) is 0 Å². The Bertz CT molecular complexity index is 704. The molecule has 0 radical (unpaired) electrons. The van der Waals surface area contributed by atoms with E-state index in [2.05, 4.69) is 10.4 Å². The quantitative estimate of drug-likeness (QED) is 0.924. The summed E-state index contributed by atoms with van der Waals surface area (Å²) in [6.07, 6.45) is 4.75. The van der Waals surface area contributed by atoms with Crippen LogP contribution in [0.4, 0.5) is 4.79 Å². The monoisotopic (exact) mass is 342 g/mol. The highest BCUT2D eigenvalue weighted by Crippen LogP contribution is 2.13. The van der Waals surface area contributed by atoms with Crippen LogP contribution in [0.15, 0.2) is 42.7 Å². The summed E-state index contributed by atoms with van der Waals surface area (Å²) < 4.78 is 6.74. The van der Waals surface area contributed by atoms with Gasteiger partial charge >= 0.3 is 6.09 Å². The first-order valence-electron chi connectivity index (χ1n) is 8.50. The first-order valence-corrected chi connectivity index (χ1v) is 8.50. The number of carbonyl (C=O) groups is 2. The van der Waals surface area contributed by atoms with Crippen LogP contribution in [0.2, 0.25) is 0 Å². The molecular formula is C18H22N4O3. The van der Waals surface area contributed by atoms with Gasteiger partial charge in [0.25, 0.3) is 5.91 Å². The average Bonchev–Trinajstić information content (AvgIpc) is 3.17. The highest BCUT2D eigenvalue weighted by Gasteiger charge is 2.24. The number of rotatable bonds is 4. The van der Waals surface area contributed by atoms with E-state index in [9.17, 15) is 9.59 Å². The van der Waals surface area contributed by atoms with Crippen LogP contribution >= 0.6 is 0 Å². The molecule has 0 atom stereocenters. The normalized spacial score (nSPS) is 15.0. The van der Waals surface area contributed by atoms with Crippen molar-refractivity contribution in [1.29, 1.82) is 0 Å². The SMILES string of the molecule is CCOC(=O)N1CCC(NC(=O)c2ccc(-n3cccn3)cc2)CC1. The number of ether oxygens (including phenoxy) is 1. The first-order chi connectivity index (χ1) is 12.2. The molecule has 1 saturated heterocycles. The Labute approximate surface area is 146 Å². The molecule has 1 aliphatic rings. The highest BCUT2D eigenvalue weighted by molar-refractivity contribution is 5.94. The molecule has 0 bridgehead atoms. The number of amides is 2. The zero-order chi connectivity index (χ0) is 17.6. The fourth-order valence-electron chi connectivity index (χ4n) is 2.88. The third-order valence-corrected chi connectivity index (χ3v) is 4.25. The van der Waals surface area contributed by atoms with Gasteiger partial charge in [-0.2, -0.15) is 5.10 Å². The molecule has 132 valence electrons. The molecule has 2 heterocycles. The van der Waals surface area contributed by atoms with E-state index in [1.807, 2.05) is 24.4 Å². The maximum absolute atomic E-state index is 12.4. The van der Waals surface area contributed by atoms with E-state index in [0.717, 1.165) is 18.5 Å². The van der Waals surface area contributed by atoms with E-state index in [1.165, 1.54) is 0 Å². The Morgan fingerprint density at radius 3 is 2.56 bits per heavy atom. The van der Waals surface area contributed by atoms with Crippen molar-refractivity contribution in [3.63, 3.8) is 0 Å². The van der Waals surface area contributed by atoms with Gasteiger partial charge < -0.3 is 15.0 Å². The van der Waals surface area contributed by atoms with Gasteiger partial charge in [-0.05, 0) is 50.1 Å². The summed E-state index contributed by atoms with van der Waals surface area (Å²) in [6.45, 7) is 3.37. The van der Waals surface area contributed by atoms with Gasteiger partial charge in [-0.3, -0.25) is 4.79 Å². The molecule has 0 unspecified atom stereocenters. The van der Waals surface area contributed by atoms with Crippen molar-refractivity contribution in [2.24, 2.45) is 0 Å². The summed E-state index contributed by atoms with van der Waals surface area (Å²) in [7, 11) is 0. The van der Waals surface area contributed by atoms with Crippen LogP contribution in [0.25, 0.3) is 5.69 Å². The minimum Gasteiger partial charge on any atom is -0.450 e. The molecule has 0 spiro atoms. The lowest BCUT2D eigenvalue weighted by atomic mass is 10.0. The molecule has 2 aromatic rings. The lowest BCUT2D eigenvalue weighted by Gasteiger charge is -2.31. The second-order valence-corrected chi connectivity index (χ2v) is 5.93. The first kappa shape index (κ1) is 17.0. The Balaban J connectivity index is 1.52. The van der Waals surface area contributed by atoms with E-state index in [4.69, 9.17) is 4.74 Å². The van der Waals surface area contributed by atoms with Crippen LogP contribution in [0.5, 0.6) is 0 Å². The molecule has 1 aliphatic heterocycles. The smallest absolute Gasteiger partial charge is 0.409 e. The van der Waals surface area contributed by atoms with E-state index >= 15 is 0 Å². The van der Waals surface area contributed by atoms with Crippen LogP contribution in [-0.2, 0) is 4.74 Å². The summed E-state index contributed by atoms with van der Waals surface area (Å²) >= 11 is 0. The van der Waals surface area contributed by atoms with Crippen LogP contribution in [0.3, 0.4) is 0 Å². The highest BCUT2D eigenvalue weighted by atomic mass is 16.6. The predicted octanol–water partition coefficient (Wildman–Crippen LogP) is 2.22. The average molecular weight is 342 g/mol. The van der Waals surface area contributed by atoms with Gasteiger partial charge in [0.15, 0.2) is 0 Å². The van der Waals surface area contributed by atoms with E-state index in [1.54, 1.807) is 34.8 Å². The van der Waals surface area contributed by atoms with E-state index < -0.39 is 0 Å². The largest absolute Gasteiger partial charge is 0.450 e. The number of hydrogen-bond donors (Lipinski definition) is 1. The molecular weight excluding hydrogens is 320 g/mol. The Kier molecular flexibility index (Phi) is 5.33. The molecule has 7 nitrogen and oxygen atoms in total. The van der Waals surface area contributed by atoms with Gasteiger partial charge in [0.05, 0.1) is 12.3 Å². The molecule has 1 aromatic heterocycles. The van der Waals surface area contributed by atoms with E-state index in [0.29, 0.717) is 25.3 Å². The van der Waals surface area contributed by atoms with Gasteiger partial charge in [-0.25, -0.2) is 9.48 Å². The second kappa shape index (κ2) is 7.83.